The zero-order valence-corrected chi connectivity index (χ0v) is 57.6. The van der Waals surface area contributed by atoms with Crippen LogP contribution in [-0.4, -0.2) is 0 Å². The highest BCUT2D eigenvalue weighted by Gasteiger charge is 2.53. The highest BCUT2D eigenvalue weighted by molar-refractivity contribution is 6.07. The van der Waals surface area contributed by atoms with Crippen molar-refractivity contribution in [3.8, 4) is 55.6 Å². The first-order valence-electron chi connectivity index (χ1n) is 36.3. The van der Waals surface area contributed by atoms with Crippen LogP contribution < -0.4 is 9.80 Å². The molecule has 3 heteroatoms. The normalized spacial score (nSPS) is 13.9. The second kappa shape index (κ2) is 23.0. The van der Waals surface area contributed by atoms with Crippen LogP contribution in [0.25, 0.3) is 77.6 Å². The average molecular weight is 1330 g/mol. The Morgan fingerprint density at radius 2 is 0.519 bits per heavy atom. The van der Waals surface area contributed by atoms with E-state index in [4.69, 9.17) is 4.42 Å². The van der Waals surface area contributed by atoms with Gasteiger partial charge in [0.15, 0.2) is 0 Å². The summed E-state index contributed by atoms with van der Waals surface area (Å²) < 4.78 is 6.47. The summed E-state index contributed by atoms with van der Waals surface area (Å²) >= 11 is 0. The molecule has 1 aromatic heterocycles. The number of aryl methyl sites for hydroxylation is 2. The van der Waals surface area contributed by atoms with Gasteiger partial charge in [-0.1, -0.05) is 302 Å². The highest BCUT2D eigenvalue weighted by Crippen LogP contribution is 2.65. The molecule has 0 bridgehead atoms. The number of nitrogens with zero attached hydrogens (tertiary/aromatic N) is 2. The van der Waals surface area contributed by atoms with Crippen molar-refractivity contribution in [2.75, 3.05) is 9.80 Å². The molecule has 0 atom stereocenters. The largest absolute Gasteiger partial charge is 0.456 e. The quantitative estimate of drug-likeness (QED) is 0.129. The van der Waals surface area contributed by atoms with Crippen molar-refractivity contribution in [3.05, 3.63) is 454 Å². The van der Waals surface area contributed by atoms with Gasteiger partial charge in [0.1, 0.15) is 11.2 Å². The van der Waals surface area contributed by atoms with Crippen LogP contribution in [0.1, 0.15) is 77.9 Å². The van der Waals surface area contributed by atoms with Gasteiger partial charge in [0, 0.05) is 44.9 Å². The number of hydrogen-bond donors (Lipinski definition) is 0. The van der Waals surface area contributed by atoms with Crippen molar-refractivity contribution in [1.29, 1.82) is 0 Å². The van der Waals surface area contributed by atoms with Gasteiger partial charge in [-0.15, -0.1) is 0 Å². The maximum absolute atomic E-state index is 6.47. The van der Waals surface area contributed by atoms with E-state index in [0.717, 1.165) is 67.2 Å². The first-order chi connectivity index (χ1) is 51.4. The molecule has 1 heterocycles. The second-order valence-corrected chi connectivity index (χ2v) is 28.7. The SMILES string of the molecule is Cc1ccc2c(c1)C(c1ccccc1)(c1ccccc1)c1cc(N(c3ccc(-c4ccc(N(c5ccc6c(c5)-c5ccccc5C65c6ccccc6-c6ccccc65)c5ccc6oc7ccccc7c6c5)cc4)cc3)c3ccc4c(c3)C(c3ccccc3)(c3ccccc3)c3cc(C)ccc3-4)ccc1-2. The summed E-state index contributed by atoms with van der Waals surface area (Å²) in [7, 11) is 0. The summed E-state index contributed by atoms with van der Waals surface area (Å²) in [6, 6.07) is 141. The summed E-state index contributed by atoms with van der Waals surface area (Å²) in [5, 5.41) is 2.18. The van der Waals surface area contributed by atoms with Crippen molar-refractivity contribution in [3.63, 3.8) is 0 Å². The summed E-state index contributed by atoms with van der Waals surface area (Å²) in [5.41, 5.74) is 36.6. The predicted molar refractivity (Wildman–Crippen MR) is 429 cm³/mol. The molecule has 488 valence electrons. The van der Waals surface area contributed by atoms with Gasteiger partial charge in [-0.05, 0) is 221 Å². The lowest BCUT2D eigenvalue weighted by Gasteiger charge is -2.36. The molecule has 0 aliphatic heterocycles. The van der Waals surface area contributed by atoms with Gasteiger partial charge in [0.2, 0.25) is 0 Å². The minimum absolute atomic E-state index is 0.446. The molecule has 104 heavy (non-hydrogen) atoms. The minimum atomic E-state index is -0.607. The molecule has 0 N–H and O–H groups in total. The first kappa shape index (κ1) is 59.8. The molecule has 0 radical (unpaired) electrons. The number of anilines is 6. The Morgan fingerprint density at radius 1 is 0.202 bits per heavy atom. The van der Waals surface area contributed by atoms with Crippen molar-refractivity contribution in [2.45, 2.75) is 30.1 Å². The van der Waals surface area contributed by atoms with Gasteiger partial charge >= 0.3 is 0 Å². The van der Waals surface area contributed by atoms with Gasteiger partial charge in [-0.3, -0.25) is 0 Å². The molecular weight excluding hydrogens is 1260 g/mol. The molecule has 0 saturated carbocycles. The van der Waals surface area contributed by atoms with Crippen molar-refractivity contribution < 1.29 is 4.42 Å². The Balaban J connectivity index is 0.725. The topological polar surface area (TPSA) is 19.6 Å². The van der Waals surface area contributed by atoms with E-state index in [1.54, 1.807) is 0 Å². The van der Waals surface area contributed by atoms with Crippen LogP contribution in [0.2, 0.25) is 0 Å². The third-order valence-electron chi connectivity index (χ3n) is 23.3. The third-order valence-corrected chi connectivity index (χ3v) is 23.3. The molecule has 4 aliphatic carbocycles. The molecule has 1 spiro atoms. The molecule has 16 aromatic carbocycles. The zero-order valence-electron chi connectivity index (χ0n) is 57.6. The second-order valence-electron chi connectivity index (χ2n) is 28.7. The van der Waals surface area contributed by atoms with Gasteiger partial charge in [0.05, 0.1) is 16.2 Å². The van der Waals surface area contributed by atoms with Crippen molar-refractivity contribution in [2.24, 2.45) is 0 Å². The van der Waals surface area contributed by atoms with Crippen LogP contribution >= 0.6 is 0 Å². The lowest BCUT2D eigenvalue weighted by Crippen LogP contribution is -2.29. The monoisotopic (exact) mass is 1320 g/mol. The fourth-order valence-electron chi connectivity index (χ4n) is 19.0. The summed E-state index contributed by atoms with van der Waals surface area (Å²) in [4.78, 5) is 4.94. The van der Waals surface area contributed by atoms with Crippen LogP contribution in [0.3, 0.4) is 0 Å². The Labute approximate surface area is 606 Å². The number of benzene rings is 16. The van der Waals surface area contributed by atoms with Crippen LogP contribution in [0.15, 0.2) is 381 Å². The lowest BCUT2D eigenvalue weighted by atomic mass is 9.67. The molecule has 4 aliphatic rings. The van der Waals surface area contributed by atoms with E-state index in [9.17, 15) is 0 Å². The fourth-order valence-corrected chi connectivity index (χ4v) is 19.0. The number of fused-ring (bicyclic) bond motifs is 19. The molecule has 3 nitrogen and oxygen atoms in total. The van der Waals surface area contributed by atoms with E-state index in [1.807, 2.05) is 6.07 Å². The molecule has 17 aromatic rings. The van der Waals surface area contributed by atoms with Gasteiger partial charge in [-0.25, -0.2) is 0 Å². The van der Waals surface area contributed by atoms with Gasteiger partial charge in [0.25, 0.3) is 0 Å². The molecule has 0 saturated heterocycles. The fraction of sp³-hybridized carbons (Fsp3) is 0.0495. The van der Waals surface area contributed by atoms with E-state index in [-0.39, 0.29) is 0 Å². The summed E-state index contributed by atoms with van der Waals surface area (Å²) in [5.74, 6) is 0. The standard InChI is InChI=1S/C101H68N2O/c1-65-39-53-82-84-55-49-77(63-95(84)99(93(82)59-65,69-23-7-3-8-24-69)70-25-9-4-10-26-70)103(78-50-56-85-83-54-40-66(2)60-94(83)100(96(85)64-78,71-27-11-5-12-28-71)72-29-13-6-14-30-72)74-47-43-68(44-48-74)67-41-45-73(46-42-67)102(76-52-58-98-88(62-76)86-34-18-22-38-97(86)104-98)75-51-57-92-87(61-75)81-33-17-21-37-91(81)101(92)89-35-19-15-31-79(89)80-32-16-20-36-90(80)101/h3-64H,1-2H3. The summed E-state index contributed by atoms with van der Waals surface area (Å²) in [6.07, 6.45) is 0. The molecule has 0 unspecified atom stereocenters. The smallest absolute Gasteiger partial charge is 0.135 e. The highest BCUT2D eigenvalue weighted by atomic mass is 16.3. The van der Waals surface area contributed by atoms with E-state index in [2.05, 4.69) is 394 Å². The Bertz CT molecular complexity index is 6000. The molecule has 0 fully saturated rings. The maximum Gasteiger partial charge on any atom is 0.135 e. The Hall–Kier alpha value is -13.1. The van der Waals surface area contributed by atoms with Gasteiger partial charge in [-0.2, -0.15) is 0 Å². The van der Waals surface area contributed by atoms with E-state index in [0.29, 0.717) is 0 Å². The van der Waals surface area contributed by atoms with Crippen LogP contribution in [-0.2, 0) is 16.2 Å². The summed E-state index contributed by atoms with van der Waals surface area (Å²) in [6.45, 7) is 4.45. The number of furan rings is 1. The van der Waals surface area contributed by atoms with E-state index < -0.39 is 16.2 Å². The van der Waals surface area contributed by atoms with Crippen molar-refractivity contribution in [1.82, 2.24) is 0 Å². The molecular formula is C101H68N2O. The predicted octanol–water partition coefficient (Wildman–Crippen LogP) is 25.9. The van der Waals surface area contributed by atoms with Crippen molar-refractivity contribution >= 4 is 56.1 Å². The maximum atomic E-state index is 6.47. The van der Waals surface area contributed by atoms with Crippen LogP contribution in [0.4, 0.5) is 34.1 Å². The minimum Gasteiger partial charge on any atom is -0.456 e. The molecule has 0 amide bonds. The van der Waals surface area contributed by atoms with Gasteiger partial charge < -0.3 is 14.2 Å². The third kappa shape index (κ3) is 8.47. The number of hydrogen-bond acceptors (Lipinski definition) is 3. The zero-order chi connectivity index (χ0) is 68.8. The lowest BCUT2D eigenvalue weighted by molar-refractivity contribution is 0.669. The average Bonchev–Trinajstić information content (AvgIpc) is 1.51. The Kier molecular flexibility index (Phi) is 13.2. The first-order valence-corrected chi connectivity index (χ1v) is 36.3. The molecule has 21 rings (SSSR count). The van der Waals surface area contributed by atoms with Crippen LogP contribution in [0, 0.1) is 13.8 Å². The number of rotatable bonds is 11. The van der Waals surface area contributed by atoms with E-state index in [1.165, 1.54) is 122 Å². The van der Waals surface area contributed by atoms with E-state index >= 15 is 0 Å². The number of para-hydroxylation sites is 1. The van der Waals surface area contributed by atoms with Crippen LogP contribution in [0.5, 0.6) is 0 Å². The Morgan fingerprint density at radius 3 is 0.981 bits per heavy atom.